The van der Waals surface area contributed by atoms with E-state index in [-0.39, 0.29) is 19.3 Å². The third-order valence-electron chi connectivity index (χ3n) is 3.15. The van der Waals surface area contributed by atoms with Gasteiger partial charge in [0.1, 0.15) is 5.75 Å². The average molecular weight is 320 g/mol. The quantitative estimate of drug-likeness (QED) is 0.938. The number of ether oxygens (including phenoxy) is 3. The summed E-state index contributed by atoms with van der Waals surface area (Å²) in [6.45, 7) is 1.99. The highest BCUT2D eigenvalue weighted by Gasteiger charge is 2.14. The number of rotatable bonds is 4. The van der Waals surface area contributed by atoms with Crippen molar-refractivity contribution in [3.63, 3.8) is 0 Å². The largest absolute Gasteiger partial charge is 0.483 e. The van der Waals surface area contributed by atoms with Crippen molar-refractivity contribution >= 4 is 23.2 Å². The van der Waals surface area contributed by atoms with Gasteiger partial charge in [-0.25, -0.2) is 0 Å². The first kappa shape index (κ1) is 14.5. The molecule has 0 atom stereocenters. The number of hydrogen-bond acceptors (Lipinski definition) is 4. The van der Waals surface area contributed by atoms with Gasteiger partial charge in [-0.3, -0.25) is 4.79 Å². The van der Waals surface area contributed by atoms with Crippen molar-refractivity contribution < 1.29 is 19.0 Å². The fourth-order valence-corrected chi connectivity index (χ4v) is 2.32. The Morgan fingerprint density at radius 3 is 2.86 bits per heavy atom. The summed E-state index contributed by atoms with van der Waals surface area (Å²) in [4.78, 5) is 11.9. The minimum atomic E-state index is -0.256. The molecule has 2 aromatic carbocycles. The van der Waals surface area contributed by atoms with Crippen LogP contribution >= 0.6 is 11.6 Å². The molecular formula is C16H14ClNO4. The minimum absolute atomic E-state index is 0.0864. The van der Waals surface area contributed by atoms with E-state index in [9.17, 15) is 4.79 Å². The molecular weight excluding hydrogens is 306 g/mol. The number of halogens is 1. The predicted octanol–water partition coefficient (Wildman–Crippen LogP) is 3.39. The van der Waals surface area contributed by atoms with Crippen LogP contribution in [0.2, 0.25) is 5.02 Å². The molecule has 1 aliphatic heterocycles. The molecule has 0 saturated carbocycles. The summed E-state index contributed by atoms with van der Waals surface area (Å²) in [6.07, 6.45) is 0. The lowest BCUT2D eigenvalue weighted by molar-refractivity contribution is -0.118. The van der Waals surface area contributed by atoms with Gasteiger partial charge in [0.2, 0.25) is 6.79 Å². The first-order valence-corrected chi connectivity index (χ1v) is 7.08. The number of nitrogens with one attached hydrogen (secondary N) is 1. The molecule has 5 nitrogen and oxygen atoms in total. The molecule has 0 aromatic heterocycles. The van der Waals surface area contributed by atoms with Crippen molar-refractivity contribution in [2.75, 3.05) is 18.7 Å². The van der Waals surface area contributed by atoms with Gasteiger partial charge in [0.25, 0.3) is 5.91 Å². The second-order valence-corrected chi connectivity index (χ2v) is 5.25. The number of anilines is 1. The molecule has 0 spiro atoms. The molecule has 0 unspecified atom stereocenters. The van der Waals surface area contributed by atoms with E-state index >= 15 is 0 Å². The zero-order valence-corrected chi connectivity index (χ0v) is 12.6. The predicted molar refractivity (Wildman–Crippen MR) is 82.9 cm³/mol. The lowest BCUT2D eigenvalue weighted by Crippen LogP contribution is -2.20. The van der Waals surface area contributed by atoms with Gasteiger partial charge in [0.05, 0.1) is 0 Å². The second-order valence-electron chi connectivity index (χ2n) is 4.81. The third-order valence-corrected chi connectivity index (χ3v) is 3.39. The molecule has 0 saturated heterocycles. The van der Waals surface area contributed by atoms with Gasteiger partial charge in [-0.1, -0.05) is 11.6 Å². The molecule has 0 aliphatic carbocycles. The molecule has 1 aliphatic rings. The standard InChI is InChI=1S/C16H14ClNO4/c1-10-6-11(17)2-4-13(10)20-8-16(19)18-12-3-5-14-15(7-12)22-9-21-14/h2-7H,8-9H2,1H3,(H,18,19). The summed E-state index contributed by atoms with van der Waals surface area (Å²) in [5.41, 5.74) is 1.51. The van der Waals surface area contributed by atoms with Crippen LogP contribution in [-0.4, -0.2) is 19.3 Å². The van der Waals surface area contributed by atoms with Crippen LogP contribution < -0.4 is 19.5 Å². The van der Waals surface area contributed by atoms with Crippen molar-refractivity contribution in [1.82, 2.24) is 0 Å². The zero-order valence-electron chi connectivity index (χ0n) is 11.9. The number of amides is 1. The Kier molecular flexibility index (Phi) is 4.06. The van der Waals surface area contributed by atoms with Crippen molar-refractivity contribution in [2.45, 2.75) is 6.92 Å². The fraction of sp³-hybridized carbons (Fsp3) is 0.188. The number of carbonyl (C=O) groups is 1. The van der Waals surface area contributed by atoms with Crippen LogP contribution in [0, 0.1) is 6.92 Å². The van der Waals surface area contributed by atoms with Gasteiger partial charge < -0.3 is 19.5 Å². The van der Waals surface area contributed by atoms with Crippen molar-refractivity contribution in [3.8, 4) is 17.2 Å². The van der Waals surface area contributed by atoms with E-state index < -0.39 is 0 Å². The smallest absolute Gasteiger partial charge is 0.262 e. The van der Waals surface area contributed by atoms with E-state index in [1.165, 1.54) is 0 Å². The summed E-state index contributed by atoms with van der Waals surface area (Å²) < 4.78 is 16.0. The minimum Gasteiger partial charge on any atom is -0.483 e. The van der Waals surface area contributed by atoms with E-state index in [1.54, 1.807) is 36.4 Å². The first-order valence-electron chi connectivity index (χ1n) is 6.70. The van der Waals surface area contributed by atoms with Gasteiger partial charge in [0, 0.05) is 16.8 Å². The molecule has 114 valence electrons. The topological polar surface area (TPSA) is 56.8 Å². The normalized spacial score (nSPS) is 12.1. The number of fused-ring (bicyclic) bond motifs is 1. The summed E-state index contributed by atoms with van der Waals surface area (Å²) >= 11 is 5.88. The van der Waals surface area contributed by atoms with Crippen LogP contribution in [0.15, 0.2) is 36.4 Å². The van der Waals surface area contributed by atoms with E-state index in [1.807, 2.05) is 6.92 Å². The number of hydrogen-bond donors (Lipinski definition) is 1. The van der Waals surface area contributed by atoms with Gasteiger partial charge in [-0.05, 0) is 42.8 Å². The summed E-state index contributed by atoms with van der Waals surface area (Å²) in [5, 5.41) is 3.38. The Bertz CT molecular complexity index is 717. The first-order chi connectivity index (χ1) is 10.6. The summed E-state index contributed by atoms with van der Waals surface area (Å²) in [7, 11) is 0. The summed E-state index contributed by atoms with van der Waals surface area (Å²) in [5.74, 6) is 1.66. The maximum absolute atomic E-state index is 11.9. The highest BCUT2D eigenvalue weighted by molar-refractivity contribution is 6.30. The maximum Gasteiger partial charge on any atom is 0.262 e. The van der Waals surface area contributed by atoms with Crippen LogP contribution in [0.1, 0.15) is 5.56 Å². The molecule has 1 N–H and O–H groups in total. The van der Waals surface area contributed by atoms with E-state index in [0.29, 0.717) is 28.0 Å². The zero-order chi connectivity index (χ0) is 15.5. The summed E-state index contributed by atoms with van der Waals surface area (Å²) in [6, 6.07) is 10.5. The van der Waals surface area contributed by atoms with E-state index in [2.05, 4.69) is 5.32 Å². The molecule has 6 heteroatoms. The molecule has 0 bridgehead atoms. The van der Waals surface area contributed by atoms with Crippen molar-refractivity contribution in [2.24, 2.45) is 0 Å². The molecule has 3 rings (SSSR count). The maximum atomic E-state index is 11.9. The Morgan fingerprint density at radius 1 is 1.23 bits per heavy atom. The average Bonchev–Trinajstić information content (AvgIpc) is 2.94. The lowest BCUT2D eigenvalue weighted by atomic mass is 10.2. The van der Waals surface area contributed by atoms with Gasteiger partial charge in [0.15, 0.2) is 18.1 Å². The number of benzene rings is 2. The fourth-order valence-electron chi connectivity index (χ4n) is 2.09. The Balaban J connectivity index is 1.58. The van der Waals surface area contributed by atoms with Gasteiger partial charge >= 0.3 is 0 Å². The van der Waals surface area contributed by atoms with Crippen LogP contribution in [0.5, 0.6) is 17.2 Å². The number of aryl methyl sites for hydroxylation is 1. The second kappa shape index (κ2) is 6.15. The molecule has 22 heavy (non-hydrogen) atoms. The van der Waals surface area contributed by atoms with Gasteiger partial charge in [-0.2, -0.15) is 0 Å². The molecule has 1 heterocycles. The molecule has 1 amide bonds. The van der Waals surface area contributed by atoms with Crippen LogP contribution in [0.25, 0.3) is 0 Å². The van der Waals surface area contributed by atoms with Crippen LogP contribution in [-0.2, 0) is 4.79 Å². The molecule has 0 radical (unpaired) electrons. The lowest BCUT2D eigenvalue weighted by Gasteiger charge is -2.10. The third kappa shape index (κ3) is 3.26. The van der Waals surface area contributed by atoms with Crippen molar-refractivity contribution in [1.29, 1.82) is 0 Å². The Morgan fingerprint density at radius 2 is 2.05 bits per heavy atom. The van der Waals surface area contributed by atoms with Crippen LogP contribution in [0.3, 0.4) is 0 Å². The number of carbonyl (C=O) groups excluding carboxylic acids is 1. The molecule has 0 fully saturated rings. The SMILES string of the molecule is Cc1cc(Cl)ccc1OCC(=O)Nc1ccc2c(c1)OCO2. The Hall–Kier alpha value is -2.40. The van der Waals surface area contributed by atoms with E-state index in [0.717, 1.165) is 5.56 Å². The molecule has 2 aromatic rings. The Labute approximate surface area is 132 Å². The highest BCUT2D eigenvalue weighted by atomic mass is 35.5. The highest BCUT2D eigenvalue weighted by Crippen LogP contribution is 2.34. The van der Waals surface area contributed by atoms with Crippen LogP contribution in [0.4, 0.5) is 5.69 Å². The van der Waals surface area contributed by atoms with Gasteiger partial charge in [-0.15, -0.1) is 0 Å². The van der Waals surface area contributed by atoms with E-state index in [4.69, 9.17) is 25.8 Å². The van der Waals surface area contributed by atoms with Crippen molar-refractivity contribution in [3.05, 3.63) is 47.0 Å². The monoisotopic (exact) mass is 319 g/mol.